The van der Waals surface area contributed by atoms with Gasteiger partial charge in [0, 0.05) is 105 Å². The van der Waals surface area contributed by atoms with Gasteiger partial charge in [-0.3, -0.25) is 33.9 Å². The summed E-state index contributed by atoms with van der Waals surface area (Å²) in [6.07, 6.45) is 6.88. The van der Waals surface area contributed by atoms with Gasteiger partial charge >= 0.3 is 5.97 Å². The van der Waals surface area contributed by atoms with E-state index in [4.69, 9.17) is 24.3 Å². The zero-order valence-corrected chi connectivity index (χ0v) is 46.5. The Labute approximate surface area is 457 Å². The Hall–Kier alpha value is -6.92. The summed E-state index contributed by atoms with van der Waals surface area (Å²) in [4.78, 5) is 67.2. The van der Waals surface area contributed by atoms with Crippen molar-refractivity contribution in [3.8, 4) is 39.3 Å². The number of hydrazine groups is 1. The largest absolute Gasteiger partial charge is 0.508 e. The summed E-state index contributed by atoms with van der Waals surface area (Å²) in [6, 6.07) is 20.9. The molecule has 4 aliphatic heterocycles. The maximum absolute atomic E-state index is 15.0. The molecule has 0 radical (unpaired) electrons. The molecule has 3 aromatic heterocycles. The van der Waals surface area contributed by atoms with E-state index in [2.05, 4.69) is 72.4 Å². The molecule has 6 unspecified atom stereocenters. The maximum Gasteiger partial charge on any atom is 0.324 e. The molecule has 7 heterocycles. The van der Waals surface area contributed by atoms with Gasteiger partial charge in [-0.25, -0.2) is 5.43 Å². The first-order valence-electron chi connectivity index (χ1n) is 27.6. The van der Waals surface area contributed by atoms with Crippen LogP contribution in [0.2, 0.25) is 0 Å². The van der Waals surface area contributed by atoms with Crippen LogP contribution in [0.3, 0.4) is 0 Å². The molecule has 17 nitrogen and oxygen atoms in total. The fraction of sp³-hybridized carbons (Fsp3) is 0.475. The van der Waals surface area contributed by atoms with Crippen molar-refractivity contribution in [3.63, 3.8) is 0 Å². The molecule has 3 amide bonds. The number of carbonyl (C=O) groups excluding carboxylic acids is 4. The highest BCUT2D eigenvalue weighted by Gasteiger charge is 2.42. The lowest BCUT2D eigenvalue weighted by Gasteiger charge is -2.37. The number of benzene rings is 3. The molecule has 6 atom stereocenters. The number of esters is 1. The molecule has 78 heavy (non-hydrogen) atoms. The highest BCUT2D eigenvalue weighted by Crippen LogP contribution is 2.44. The van der Waals surface area contributed by atoms with Gasteiger partial charge < -0.3 is 39.0 Å². The van der Waals surface area contributed by atoms with Gasteiger partial charge in [-0.15, -0.1) is 0 Å². The number of aromatic nitrogens is 4. The first-order chi connectivity index (χ1) is 37.4. The van der Waals surface area contributed by atoms with Crippen LogP contribution in [0.15, 0.2) is 91.4 Å². The van der Waals surface area contributed by atoms with E-state index < -0.39 is 47.4 Å². The van der Waals surface area contributed by atoms with Gasteiger partial charge in [0.2, 0.25) is 5.91 Å². The smallest absolute Gasteiger partial charge is 0.324 e. The van der Waals surface area contributed by atoms with E-state index in [1.807, 2.05) is 80.3 Å². The van der Waals surface area contributed by atoms with Gasteiger partial charge in [0.25, 0.3) is 11.8 Å². The van der Waals surface area contributed by atoms with Crippen LogP contribution in [0.5, 0.6) is 5.75 Å². The number of nitrogens with zero attached hydrogens (tertiary/aromatic N) is 7. The Morgan fingerprint density at radius 1 is 0.974 bits per heavy atom. The standard InChI is InChI=1S/C61H75N9O8/c1-10-68-52-19-18-40-27-47(52)49(55(68)48-28-42(30-62-53(48)37(4)76-9)43-31-63-70(32-43)44-33-66(7)34-44)29-61(5,6)35-78-60(75)50-17-14-21-69(65-50)58(73)51(25-38-23-41(40)26-45(71)24-38)64-57(72)54(36(2)3)67(8)59(74)56-46(20-22-77-56)39-15-12-11-13-16-39/h11-13,15-16,18-19,23-24,26-28,30-32,36-37,44,46,50-51,54,56,65,71H,10,14,17,20-22,25,29,33-35H2,1-9H3,(H,64,72). The van der Waals surface area contributed by atoms with E-state index in [1.165, 1.54) is 9.91 Å². The molecular formula is C61H75N9O8. The molecule has 3 N–H and O–H groups in total. The predicted molar refractivity (Wildman–Crippen MR) is 298 cm³/mol. The molecule has 412 valence electrons. The van der Waals surface area contributed by atoms with E-state index in [1.54, 1.807) is 26.3 Å². The Morgan fingerprint density at radius 3 is 2.49 bits per heavy atom. The summed E-state index contributed by atoms with van der Waals surface area (Å²) < 4.78 is 22.7. The highest BCUT2D eigenvalue weighted by atomic mass is 16.5. The molecule has 6 aromatic rings. The van der Waals surface area contributed by atoms with E-state index in [9.17, 15) is 24.3 Å². The third-order valence-electron chi connectivity index (χ3n) is 16.3. The molecular weight excluding hydrogens is 987 g/mol. The number of aryl methyl sites for hydroxylation is 1. The van der Waals surface area contributed by atoms with Gasteiger partial charge in [0.05, 0.1) is 36.3 Å². The SMILES string of the molecule is CCn1c(-c2cc(-c3cnn(C4CN(C)C4)c3)cnc2C(C)OC)c2c3cc(ccc31)-c1cc(O)cc(c1)CC(NC(=O)C(C(C)C)N(C)C(=O)C1OCCC1c1ccccc1)C(=O)N1CCCC(N1)C(=O)OCC(C)(C)C2. The fourth-order valence-electron chi connectivity index (χ4n) is 12.2. The molecule has 0 spiro atoms. The number of pyridine rings is 1. The number of cyclic esters (lactones) is 1. The monoisotopic (exact) mass is 1060 g/mol. The Morgan fingerprint density at radius 2 is 1.76 bits per heavy atom. The minimum Gasteiger partial charge on any atom is -0.508 e. The minimum atomic E-state index is -1.17. The number of methoxy groups -OCH3 is 1. The number of amides is 3. The van der Waals surface area contributed by atoms with E-state index in [0.717, 1.165) is 68.8 Å². The van der Waals surface area contributed by atoms with Crippen LogP contribution < -0.4 is 10.7 Å². The number of phenols is 1. The number of likely N-dealkylation sites (N-methyl/N-ethyl adjacent to an activating group) is 2. The predicted octanol–water partition coefficient (Wildman–Crippen LogP) is 7.86. The average Bonchev–Trinajstić information content (AvgIpc) is 4.29. The van der Waals surface area contributed by atoms with Gasteiger partial charge in [-0.2, -0.15) is 5.10 Å². The lowest BCUT2D eigenvalue weighted by atomic mass is 9.83. The first-order valence-corrected chi connectivity index (χ1v) is 27.6. The highest BCUT2D eigenvalue weighted by molar-refractivity contribution is 5.97. The number of phenolic OH excluding ortho intramolecular Hbond substituents is 1. The molecule has 0 saturated carbocycles. The van der Waals surface area contributed by atoms with Gasteiger partial charge in [-0.1, -0.05) is 70.2 Å². The fourth-order valence-corrected chi connectivity index (χ4v) is 12.2. The van der Waals surface area contributed by atoms with E-state index >= 15 is 0 Å². The molecule has 3 fully saturated rings. The number of hydrogen-bond acceptors (Lipinski definition) is 12. The number of rotatable bonds is 12. The third kappa shape index (κ3) is 10.9. The van der Waals surface area contributed by atoms with Crippen LogP contribution in [0.1, 0.15) is 101 Å². The maximum atomic E-state index is 15.0. The summed E-state index contributed by atoms with van der Waals surface area (Å²) in [6.45, 7) is 15.3. The van der Waals surface area contributed by atoms with Crippen molar-refractivity contribution in [2.24, 2.45) is 11.3 Å². The van der Waals surface area contributed by atoms with Crippen LogP contribution in [-0.4, -0.2) is 141 Å². The van der Waals surface area contributed by atoms with Crippen molar-refractivity contribution in [3.05, 3.63) is 114 Å². The number of hydrogen-bond donors (Lipinski definition) is 3. The minimum absolute atomic E-state index is 0.00901. The average molecular weight is 1060 g/mol. The van der Waals surface area contributed by atoms with Crippen molar-refractivity contribution < 1.29 is 38.5 Å². The Kier molecular flexibility index (Phi) is 15.7. The summed E-state index contributed by atoms with van der Waals surface area (Å²) in [5.74, 6) is -2.31. The van der Waals surface area contributed by atoms with Crippen molar-refractivity contribution in [1.29, 1.82) is 0 Å². The molecule has 17 heteroatoms. The van der Waals surface area contributed by atoms with Crippen molar-refractivity contribution in [2.75, 3.05) is 54.1 Å². The van der Waals surface area contributed by atoms with Crippen LogP contribution in [0, 0.1) is 11.3 Å². The van der Waals surface area contributed by atoms with Gasteiger partial charge in [-0.05, 0) is 111 Å². The molecule has 3 aromatic carbocycles. The summed E-state index contributed by atoms with van der Waals surface area (Å²) in [7, 11) is 5.42. The molecule has 10 rings (SSSR count). The third-order valence-corrected chi connectivity index (χ3v) is 16.3. The Bertz CT molecular complexity index is 3200. The van der Waals surface area contributed by atoms with E-state index in [-0.39, 0.29) is 49.2 Å². The van der Waals surface area contributed by atoms with Crippen molar-refractivity contribution >= 4 is 34.6 Å². The number of aromatic hydroxyl groups is 1. The molecule has 4 aliphatic rings. The Balaban J connectivity index is 1.05. The second-order valence-corrected chi connectivity index (χ2v) is 23.1. The number of carbonyl (C=O) groups is 4. The van der Waals surface area contributed by atoms with Crippen LogP contribution in [0.25, 0.3) is 44.4 Å². The molecule has 3 saturated heterocycles. The quantitative estimate of drug-likeness (QED) is 0.101. The number of ether oxygens (including phenoxy) is 3. The van der Waals surface area contributed by atoms with E-state index in [0.29, 0.717) is 56.0 Å². The van der Waals surface area contributed by atoms with Gasteiger partial charge in [0.15, 0.2) is 0 Å². The summed E-state index contributed by atoms with van der Waals surface area (Å²) >= 11 is 0. The summed E-state index contributed by atoms with van der Waals surface area (Å²) in [5, 5.41) is 21.8. The zero-order valence-electron chi connectivity index (χ0n) is 46.5. The summed E-state index contributed by atoms with van der Waals surface area (Å²) in [5.41, 5.74) is 12.3. The number of nitrogens with one attached hydrogen (secondary N) is 2. The molecule has 6 bridgehead atoms. The second kappa shape index (κ2) is 22.4. The zero-order chi connectivity index (χ0) is 55.2. The normalized spacial score (nSPS) is 21.9. The van der Waals surface area contributed by atoms with Crippen molar-refractivity contribution in [2.45, 2.75) is 122 Å². The van der Waals surface area contributed by atoms with Crippen LogP contribution >= 0.6 is 0 Å². The number of likely N-dealkylation sites (tertiary alicyclic amines) is 1. The van der Waals surface area contributed by atoms with Gasteiger partial charge in [0.1, 0.15) is 30.0 Å². The lowest BCUT2D eigenvalue weighted by molar-refractivity contribution is -0.155. The van der Waals surface area contributed by atoms with Crippen LogP contribution in [0.4, 0.5) is 0 Å². The lowest BCUT2D eigenvalue weighted by Crippen LogP contribution is -2.62. The topological polar surface area (TPSA) is 186 Å². The van der Waals surface area contributed by atoms with Crippen LogP contribution in [-0.2, 0) is 52.8 Å². The number of fused-ring (bicyclic) bond motifs is 6. The van der Waals surface area contributed by atoms with Crippen molar-refractivity contribution in [1.82, 2.24) is 44.9 Å². The first kappa shape index (κ1) is 54.4. The second-order valence-electron chi connectivity index (χ2n) is 23.1. The molecule has 0 aliphatic carbocycles.